The van der Waals surface area contributed by atoms with Crippen LogP contribution < -0.4 is 10.6 Å². The van der Waals surface area contributed by atoms with E-state index in [1.54, 1.807) is 6.08 Å². The van der Waals surface area contributed by atoms with Crippen molar-refractivity contribution in [3.05, 3.63) is 12.7 Å². The van der Waals surface area contributed by atoms with E-state index in [-0.39, 0.29) is 36.0 Å². The molecule has 0 aromatic rings. The van der Waals surface area contributed by atoms with Gasteiger partial charge in [0.2, 0.25) is 11.8 Å². The van der Waals surface area contributed by atoms with Crippen LogP contribution >= 0.6 is 0 Å². The molecule has 126 valence electrons. The van der Waals surface area contributed by atoms with Gasteiger partial charge in [-0.15, -0.1) is 6.58 Å². The van der Waals surface area contributed by atoms with E-state index in [2.05, 4.69) is 31.1 Å². The summed E-state index contributed by atoms with van der Waals surface area (Å²) in [5.74, 6) is 0.309. The maximum absolute atomic E-state index is 11.8. The second-order valence-corrected chi connectivity index (χ2v) is 6.97. The van der Waals surface area contributed by atoms with Crippen LogP contribution in [0.4, 0.5) is 0 Å². The summed E-state index contributed by atoms with van der Waals surface area (Å²) < 4.78 is 6.25. The predicted molar refractivity (Wildman–Crippen MR) is 87.3 cm³/mol. The summed E-state index contributed by atoms with van der Waals surface area (Å²) >= 11 is 0. The molecule has 0 bridgehead atoms. The van der Waals surface area contributed by atoms with E-state index in [1.165, 1.54) is 13.8 Å². The van der Waals surface area contributed by atoms with Gasteiger partial charge in [-0.25, -0.2) is 0 Å². The maximum atomic E-state index is 11.8. The van der Waals surface area contributed by atoms with E-state index in [4.69, 9.17) is 4.74 Å². The van der Waals surface area contributed by atoms with Crippen LogP contribution in [-0.4, -0.2) is 35.6 Å². The summed E-state index contributed by atoms with van der Waals surface area (Å²) in [6.45, 7) is 15.2. The van der Waals surface area contributed by atoms with Gasteiger partial charge in [-0.3, -0.25) is 9.59 Å². The summed E-state index contributed by atoms with van der Waals surface area (Å²) in [6.07, 6.45) is 2.15. The van der Waals surface area contributed by atoms with E-state index in [1.807, 2.05) is 13.8 Å². The van der Waals surface area contributed by atoms with Crippen LogP contribution in [0.5, 0.6) is 0 Å². The summed E-state index contributed by atoms with van der Waals surface area (Å²) in [6, 6.07) is -0.318. The largest absolute Gasteiger partial charge is 0.370 e. The third-order valence-electron chi connectivity index (χ3n) is 4.08. The lowest BCUT2D eigenvalue weighted by Crippen LogP contribution is -2.65. The van der Waals surface area contributed by atoms with Crippen molar-refractivity contribution in [3.8, 4) is 0 Å². The molecule has 2 amide bonds. The van der Waals surface area contributed by atoms with Crippen molar-refractivity contribution in [1.82, 2.24) is 10.6 Å². The van der Waals surface area contributed by atoms with Gasteiger partial charge in [0.1, 0.15) is 5.54 Å². The smallest absolute Gasteiger partial charge is 0.217 e. The zero-order valence-corrected chi connectivity index (χ0v) is 14.6. The fourth-order valence-corrected chi connectivity index (χ4v) is 3.41. The zero-order chi connectivity index (χ0) is 17.1. The summed E-state index contributed by atoms with van der Waals surface area (Å²) in [7, 11) is 0. The first-order chi connectivity index (χ1) is 10.1. The Hall–Kier alpha value is -1.36. The predicted octanol–water partition coefficient (Wildman–Crippen LogP) is 2.02. The Labute approximate surface area is 133 Å². The molecule has 1 aliphatic heterocycles. The molecule has 0 radical (unpaired) electrons. The molecule has 1 rings (SSSR count). The molecule has 0 unspecified atom stereocenters. The molecule has 1 saturated heterocycles. The van der Waals surface area contributed by atoms with Crippen molar-refractivity contribution in [2.45, 2.75) is 71.8 Å². The highest BCUT2D eigenvalue weighted by Gasteiger charge is 2.56. The molecule has 0 spiro atoms. The Morgan fingerprint density at radius 1 is 1.23 bits per heavy atom. The first kappa shape index (κ1) is 18.7. The third kappa shape index (κ3) is 3.88. The van der Waals surface area contributed by atoms with Gasteiger partial charge >= 0.3 is 0 Å². The second kappa shape index (κ2) is 7.27. The molecule has 0 aromatic carbocycles. The highest BCUT2D eigenvalue weighted by atomic mass is 16.5. The van der Waals surface area contributed by atoms with Crippen molar-refractivity contribution in [2.75, 3.05) is 0 Å². The van der Waals surface area contributed by atoms with Gasteiger partial charge in [-0.1, -0.05) is 33.8 Å². The number of hydrogen-bond donors (Lipinski definition) is 2. The molecule has 0 aromatic heterocycles. The highest BCUT2D eigenvalue weighted by Crippen LogP contribution is 2.38. The number of hydrogen-bond acceptors (Lipinski definition) is 3. The molecule has 1 heterocycles. The van der Waals surface area contributed by atoms with Crippen LogP contribution in [0.2, 0.25) is 0 Å². The SMILES string of the molecule is C=C[C@]1(NC(C)=O)[C@H](C(C)C)O[C@H](CC(C)C)[C@@H]1NC(C)=O. The average molecular weight is 310 g/mol. The molecule has 1 aliphatic rings. The monoisotopic (exact) mass is 310 g/mol. The highest BCUT2D eigenvalue weighted by molar-refractivity contribution is 5.76. The molecule has 2 N–H and O–H groups in total. The Morgan fingerprint density at radius 3 is 2.18 bits per heavy atom. The standard InChI is InChI=1S/C17H30N2O3/c1-8-17(19-13(7)21)15(18-12(6)20)14(9-10(2)3)22-16(17)11(4)5/h8,10-11,14-16H,1,9H2,2-7H3,(H,18,20)(H,19,21)/t14-,15+,16+,17-/m1/s1. The topological polar surface area (TPSA) is 67.4 Å². The van der Waals surface area contributed by atoms with Crippen LogP contribution in [0.25, 0.3) is 0 Å². The number of amides is 2. The average Bonchev–Trinajstić information content (AvgIpc) is 2.63. The molecule has 1 fully saturated rings. The Bertz CT molecular complexity index is 434. The van der Waals surface area contributed by atoms with Crippen LogP contribution in [0, 0.1) is 11.8 Å². The summed E-state index contributed by atoms with van der Waals surface area (Å²) in [4.78, 5) is 23.4. The van der Waals surface area contributed by atoms with Gasteiger partial charge < -0.3 is 15.4 Å². The lowest BCUT2D eigenvalue weighted by molar-refractivity contribution is -0.123. The van der Waals surface area contributed by atoms with Crippen LogP contribution in [0.15, 0.2) is 12.7 Å². The maximum Gasteiger partial charge on any atom is 0.217 e. The lowest BCUT2D eigenvalue weighted by atomic mass is 9.79. The quantitative estimate of drug-likeness (QED) is 0.738. The van der Waals surface area contributed by atoms with Crippen molar-refractivity contribution < 1.29 is 14.3 Å². The molecule has 0 aliphatic carbocycles. The van der Waals surface area contributed by atoms with Gasteiger partial charge in [-0.05, 0) is 18.3 Å². The number of nitrogens with one attached hydrogen (secondary N) is 2. The third-order valence-corrected chi connectivity index (χ3v) is 4.08. The Kier molecular flexibility index (Phi) is 6.17. The number of rotatable bonds is 6. The minimum atomic E-state index is -0.786. The fraction of sp³-hybridized carbons (Fsp3) is 0.765. The normalized spacial score (nSPS) is 31.4. The molecule has 22 heavy (non-hydrogen) atoms. The van der Waals surface area contributed by atoms with E-state index in [0.717, 1.165) is 6.42 Å². The molecular formula is C17H30N2O3. The first-order valence-corrected chi connectivity index (χ1v) is 7.99. The van der Waals surface area contributed by atoms with Crippen molar-refractivity contribution in [3.63, 3.8) is 0 Å². The van der Waals surface area contributed by atoms with Gasteiger partial charge in [0.05, 0.1) is 18.2 Å². The van der Waals surface area contributed by atoms with Crippen LogP contribution in [0.1, 0.15) is 48.0 Å². The zero-order valence-electron chi connectivity index (χ0n) is 14.6. The molecule has 4 atom stereocenters. The Morgan fingerprint density at radius 2 is 1.82 bits per heavy atom. The van der Waals surface area contributed by atoms with Gasteiger partial charge in [0.25, 0.3) is 0 Å². The van der Waals surface area contributed by atoms with E-state index in [9.17, 15) is 9.59 Å². The first-order valence-electron chi connectivity index (χ1n) is 7.99. The Balaban J connectivity index is 3.29. The van der Waals surface area contributed by atoms with E-state index >= 15 is 0 Å². The summed E-state index contributed by atoms with van der Waals surface area (Å²) in [5.41, 5.74) is -0.786. The number of carbonyl (C=O) groups is 2. The fourth-order valence-electron chi connectivity index (χ4n) is 3.41. The van der Waals surface area contributed by atoms with Gasteiger partial charge in [0.15, 0.2) is 0 Å². The van der Waals surface area contributed by atoms with Gasteiger partial charge in [-0.2, -0.15) is 0 Å². The molecule has 5 heteroatoms. The van der Waals surface area contributed by atoms with Crippen LogP contribution in [-0.2, 0) is 14.3 Å². The lowest BCUT2D eigenvalue weighted by Gasteiger charge is -2.38. The number of ether oxygens (including phenoxy) is 1. The summed E-state index contributed by atoms with van der Waals surface area (Å²) in [5, 5.41) is 5.98. The van der Waals surface area contributed by atoms with E-state index in [0.29, 0.717) is 5.92 Å². The molecular weight excluding hydrogens is 280 g/mol. The molecule has 5 nitrogen and oxygen atoms in total. The van der Waals surface area contributed by atoms with Crippen molar-refractivity contribution in [1.29, 1.82) is 0 Å². The van der Waals surface area contributed by atoms with E-state index < -0.39 is 5.54 Å². The van der Waals surface area contributed by atoms with Crippen molar-refractivity contribution in [2.24, 2.45) is 11.8 Å². The minimum Gasteiger partial charge on any atom is -0.370 e. The number of carbonyl (C=O) groups excluding carboxylic acids is 2. The van der Waals surface area contributed by atoms with Crippen molar-refractivity contribution >= 4 is 11.8 Å². The molecule has 0 saturated carbocycles. The minimum absolute atomic E-state index is 0.136. The second-order valence-electron chi connectivity index (χ2n) is 6.97. The van der Waals surface area contributed by atoms with Crippen LogP contribution in [0.3, 0.4) is 0 Å². The van der Waals surface area contributed by atoms with Gasteiger partial charge in [0, 0.05) is 13.8 Å².